The molecule has 0 aliphatic carbocycles. The Morgan fingerprint density at radius 1 is 1.11 bits per heavy atom. The van der Waals surface area contributed by atoms with Crippen molar-refractivity contribution in [3.8, 4) is 0 Å². The van der Waals surface area contributed by atoms with Crippen LogP contribution in [0.25, 0.3) is 10.2 Å². The highest BCUT2D eigenvalue weighted by Gasteiger charge is 2.09. The fourth-order valence-corrected chi connectivity index (χ4v) is 3.58. The van der Waals surface area contributed by atoms with E-state index in [0.29, 0.717) is 5.03 Å². The highest BCUT2D eigenvalue weighted by molar-refractivity contribution is 8.01. The molecule has 6 heteroatoms. The van der Waals surface area contributed by atoms with Crippen molar-refractivity contribution >= 4 is 39.3 Å². The molecule has 1 N–H and O–H groups in total. The zero-order valence-corrected chi connectivity index (χ0v) is 11.2. The van der Waals surface area contributed by atoms with Gasteiger partial charge in [0.1, 0.15) is 10.7 Å². The van der Waals surface area contributed by atoms with E-state index in [1.807, 2.05) is 24.3 Å². The van der Waals surface area contributed by atoms with E-state index >= 15 is 0 Å². The smallest absolute Gasteiger partial charge is 0.354 e. The van der Waals surface area contributed by atoms with Crippen LogP contribution in [0.1, 0.15) is 10.5 Å². The lowest BCUT2D eigenvalue weighted by atomic mass is 10.3. The summed E-state index contributed by atoms with van der Waals surface area (Å²) in [5.41, 5.74) is 0.996. The number of hydrogen-bond acceptors (Lipinski definition) is 5. The molecular weight excluding hydrogens is 280 g/mol. The van der Waals surface area contributed by atoms with Gasteiger partial charge in [0.25, 0.3) is 0 Å². The largest absolute Gasteiger partial charge is 0.477 e. The van der Waals surface area contributed by atoms with Crippen LogP contribution < -0.4 is 0 Å². The molecule has 0 saturated carbocycles. The third-order valence-corrected chi connectivity index (χ3v) is 4.44. The molecule has 0 radical (unpaired) electrons. The Balaban J connectivity index is 1.92. The van der Waals surface area contributed by atoms with Crippen LogP contribution in [-0.4, -0.2) is 21.0 Å². The van der Waals surface area contributed by atoms with E-state index in [9.17, 15) is 4.79 Å². The van der Waals surface area contributed by atoms with Gasteiger partial charge in [0.05, 0.1) is 10.2 Å². The van der Waals surface area contributed by atoms with Gasteiger partial charge in [-0.15, -0.1) is 11.3 Å². The molecule has 2 heterocycles. The molecular formula is C13H8N2O2S2. The number of benzene rings is 1. The average molecular weight is 288 g/mol. The third kappa shape index (κ3) is 2.59. The minimum absolute atomic E-state index is 0.0473. The minimum atomic E-state index is -1.02. The van der Waals surface area contributed by atoms with E-state index in [1.165, 1.54) is 17.8 Å². The summed E-state index contributed by atoms with van der Waals surface area (Å²) in [5.74, 6) is -1.02. The van der Waals surface area contributed by atoms with E-state index in [4.69, 9.17) is 5.11 Å². The van der Waals surface area contributed by atoms with Crippen LogP contribution in [0.15, 0.2) is 51.8 Å². The Morgan fingerprint density at radius 2 is 1.95 bits per heavy atom. The Hall–Kier alpha value is -1.92. The summed E-state index contributed by atoms with van der Waals surface area (Å²) in [4.78, 5) is 19.4. The van der Waals surface area contributed by atoms with Crippen molar-refractivity contribution in [1.29, 1.82) is 0 Å². The van der Waals surface area contributed by atoms with E-state index in [2.05, 4.69) is 9.97 Å². The van der Waals surface area contributed by atoms with Gasteiger partial charge in [-0.25, -0.2) is 14.8 Å². The first kappa shape index (κ1) is 12.1. The molecule has 0 bridgehead atoms. The molecule has 1 aromatic carbocycles. The number of aromatic carboxylic acids is 1. The fraction of sp³-hybridized carbons (Fsp3) is 0. The Morgan fingerprint density at radius 3 is 2.74 bits per heavy atom. The molecule has 19 heavy (non-hydrogen) atoms. The summed E-state index contributed by atoms with van der Waals surface area (Å²) in [6.07, 6.45) is 0. The van der Waals surface area contributed by atoms with Crippen LogP contribution in [0.4, 0.5) is 0 Å². The van der Waals surface area contributed by atoms with Gasteiger partial charge in [-0.1, -0.05) is 18.2 Å². The average Bonchev–Trinajstić information content (AvgIpc) is 2.81. The number of thiazole rings is 1. The maximum Gasteiger partial charge on any atom is 0.354 e. The predicted molar refractivity (Wildman–Crippen MR) is 74.9 cm³/mol. The molecule has 0 aliphatic rings. The highest BCUT2D eigenvalue weighted by Crippen LogP contribution is 2.33. The second-order valence-corrected chi connectivity index (χ2v) is 6.01. The number of pyridine rings is 1. The third-order valence-electron chi connectivity index (χ3n) is 2.41. The van der Waals surface area contributed by atoms with Crippen LogP contribution in [0, 0.1) is 0 Å². The molecule has 0 aliphatic heterocycles. The SMILES string of the molecule is O=C(O)c1cccc(Sc2nc3ccccc3s2)n1. The van der Waals surface area contributed by atoms with Crippen molar-refractivity contribution < 1.29 is 9.90 Å². The summed E-state index contributed by atoms with van der Waals surface area (Å²) >= 11 is 2.95. The first-order chi connectivity index (χ1) is 9.22. The summed E-state index contributed by atoms with van der Waals surface area (Å²) < 4.78 is 1.97. The highest BCUT2D eigenvalue weighted by atomic mass is 32.2. The van der Waals surface area contributed by atoms with Gasteiger partial charge < -0.3 is 5.11 Å². The maximum atomic E-state index is 10.9. The van der Waals surface area contributed by atoms with Gasteiger partial charge in [-0.05, 0) is 36.0 Å². The van der Waals surface area contributed by atoms with Crippen molar-refractivity contribution in [3.63, 3.8) is 0 Å². The van der Waals surface area contributed by atoms with Crippen LogP contribution in [0.3, 0.4) is 0 Å². The first-order valence-electron chi connectivity index (χ1n) is 5.46. The standard InChI is InChI=1S/C13H8N2O2S2/c16-12(17)9-5-3-7-11(14-9)19-13-15-8-4-1-2-6-10(8)18-13/h1-7H,(H,16,17). The Bertz CT molecular complexity index is 722. The molecule has 3 aromatic rings. The van der Waals surface area contributed by atoms with E-state index in [1.54, 1.807) is 23.5 Å². The number of carboxylic acids is 1. The fourth-order valence-electron chi connectivity index (χ4n) is 1.57. The number of carboxylic acid groups (broad SMARTS) is 1. The van der Waals surface area contributed by atoms with Gasteiger partial charge in [0, 0.05) is 0 Å². The first-order valence-corrected chi connectivity index (χ1v) is 7.09. The van der Waals surface area contributed by atoms with Gasteiger partial charge >= 0.3 is 5.97 Å². The number of nitrogens with zero attached hydrogens (tertiary/aromatic N) is 2. The zero-order chi connectivity index (χ0) is 13.2. The van der Waals surface area contributed by atoms with Crippen molar-refractivity contribution in [2.24, 2.45) is 0 Å². The van der Waals surface area contributed by atoms with Crippen LogP contribution in [0.2, 0.25) is 0 Å². The number of carbonyl (C=O) groups is 1. The Labute approximate surface area is 117 Å². The van der Waals surface area contributed by atoms with Gasteiger partial charge in [-0.3, -0.25) is 0 Å². The van der Waals surface area contributed by atoms with E-state index < -0.39 is 5.97 Å². The lowest BCUT2D eigenvalue weighted by Crippen LogP contribution is -1.99. The molecule has 94 valence electrons. The molecule has 0 atom stereocenters. The quantitative estimate of drug-likeness (QED) is 0.798. The van der Waals surface area contributed by atoms with E-state index in [-0.39, 0.29) is 5.69 Å². The zero-order valence-electron chi connectivity index (χ0n) is 9.61. The second-order valence-electron chi connectivity index (χ2n) is 3.72. The molecule has 0 spiro atoms. The van der Waals surface area contributed by atoms with E-state index in [0.717, 1.165) is 14.6 Å². The minimum Gasteiger partial charge on any atom is -0.477 e. The van der Waals surface area contributed by atoms with Crippen molar-refractivity contribution in [2.45, 2.75) is 9.37 Å². The predicted octanol–water partition coefficient (Wildman–Crippen LogP) is 3.54. The van der Waals surface area contributed by atoms with Crippen molar-refractivity contribution in [3.05, 3.63) is 48.2 Å². The molecule has 0 fully saturated rings. The molecule has 0 amide bonds. The van der Waals surface area contributed by atoms with Gasteiger partial charge in [0.15, 0.2) is 4.34 Å². The monoisotopic (exact) mass is 288 g/mol. The Kier molecular flexibility index (Phi) is 3.18. The summed E-state index contributed by atoms with van der Waals surface area (Å²) in [5, 5.41) is 9.54. The van der Waals surface area contributed by atoms with Crippen molar-refractivity contribution in [1.82, 2.24) is 9.97 Å². The van der Waals surface area contributed by atoms with Gasteiger partial charge in [0.2, 0.25) is 0 Å². The summed E-state index contributed by atoms with van der Waals surface area (Å²) in [6, 6.07) is 12.8. The normalized spacial score (nSPS) is 10.7. The van der Waals surface area contributed by atoms with Crippen LogP contribution in [-0.2, 0) is 0 Å². The van der Waals surface area contributed by atoms with Crippen LogP contribution >= 0.6 is 23.1 Å². The summed E-state index contributed by atoms with van der Waals surface area (Å²) in [7, 11) is 0. The molecule has 0 saturated heterocycles. The van der Waals surface area contributed by atoms with Crippen LogP contribution in [0.5, 0.6) is 0 Å². The number of fused-ring (bicyclic) bond motifs is 1. The number of rotatable bonds is 3. The number of para-hydroxylation sites is 1. The number of aromatic nitrogens is 2. The van der Waals surface area contributed by atoms with Crippen molar-refractivity contribution in [2.75, 3.05) is 0 Å². The maximum absolute atomic E-state index is 10.9. The molecule has 4 nitrogen and oxygen atoms in total. The second kappa shape index (κ2) is 4.99. The summed E-state index contributed by atoms with van der Waals surface area (Å²) in [6.45, 7) is 0. The number of hydrogen-bond donors (Lipinski definition) is 1. The topological polar surface area (TPSA) is 63.1 Å². The molecule has 2 aromatic heterocycles. The van der Waals surface area contributed by atoms with Gasteiger partial charge in [-0.2, -0.15) is 0 Å². The molecule has 0 unspecified atom stereocenters. The lowest BCUT2D eigenvalue weighted by Gasteiger charge is -1.98. The lowest BCUT2D eigenvalue weighted by molar-refractivity contribution is 0.0689. The molecule has 3 rings (SSSR count).